The Morgan fingerprint density at radius 3 is 2.82 bits per heavy atom. The molecule has 0 saturated heterocycles. The zero-order valence-electron chi connectivity index (χ0n) is 10.6. The highest BCUT2D eigenvalue weighted by atomic mass is 16.5. The Kier molecular flexibility index (Phi) is 5.27. The number of amides is 1. The molecule has 0 aliphatic carbocycles. The molecule has 3 heteroatoms. The van der Waals surface area contributed by atoms with Crippen molar-refractivity contribution >= 4 is 12.0 Å². The van der Waals surface area contributed by atoms with Gasteiger partial charge in [0.15, 0.2) is 0 Å². The van der Waals surface area contributed by atoms with Crippen LogP contribution < -0.4 is 10.1 Å². The summed E-state index contributed by atoms with van der Waals surface area (Å²) in [5, 5.41) is 2.87. The van der Waals surface area contributed by atoms with Gasteiger partial charge < -0.3 is 10.1 Å². The number of para-hydroxylation sites is 1. The molecule has 0 fully saturated rings. The number of nitrogens with one attached hydrogen (secondary N) is 1. The first-order valence-corrected chi connectivity index (χ1v) is 5.79. The Balaban J connectivity index is 2.67. The summed E-state index contributed by atoms with van der Waals surface area (Å²) in [4.78, 5) is 11.5. The Morgan fingerprint density at radius 2 is 2.18 bits per heavy atom. The molecule has 0 aromatic heterocycles. The van der Waals surface area contributed by atoms with Gasteiger partial charge in [0.2, 0.25) is 5.91 Å². The molecule has 0 aliphatic rings. The summed E-state index contributed by atoms with van der Waals surface area (Å²) >= 11 is 0. The molecule has 0 saturated carbocycles. The Bertz CT molecular complexity index is 399. The van der Waals surface area contributed by atoms with Gasteiger partial charge in [-0.05, 0) is 25.5 Å². The summed E-state index contributed by atoms with van der Waals surface area (Å²) in [5.41, 5.74) is 0.898. The molecule has 92 valence electrons. The number of ether oxygens (including phenoxy) is 1. The molecule has 1 rings (SSSR count). The summed E-state index contributed by atoms with van der Waals surface area (Å²) in [7, 11) is 1.62. The molecule has 3 nitrogen and oxygen atoms in total. The van der Waals surface area contributed by atoms with Crippen molar-refractivity contribution in [2.75, 3.05) is 7.11 Å². The van der Waals surface area contributed by atoms with Gasteiger partial charge >= 0.3 is 0 Å². The molecule has 1 amide bonds. The van der Waals surface area contributed by atoms with Crippen LogP contribution in [-0.2, 0) is 4.79 Å². The molecule has 1 aromatic rings. The number of rotatable bonds is 5. The quantitative estimate of drug-likeness (QED) is 0.794. The number of carbonyl (C=O) groups excluding carboxylic acids is 1. The van der Waals surface area contributed by atoms with Gasteiger partial charge in [-0.3, -0.25) is 4.79 Å². The lowest BCUT2D eigenvalue weighted by atomic mass is 10.2. The van der Waals surface area contributed by atoms with Gasteiger partial charge in [-0.1, -0.05) is 25.1 Å². The van der Waals surface area contributed by atoms with Crippen molar-refractivity contribution in [2.24, 2.45) is 0 Å². The fourth-order valence-electron chi connectivity index (χ4n) is 1.36. The van der Waals surface area contributed by atoms with E-state index in [1.54, 1.807) is 13.2 Å². The first kappa shape index (κ1) is 13.3. The van der Waals surface area contributed by atoms with Crippen molar-refractivity contribution in [3.63, 3.8) is 0 Å². The number of carbonyl (C=O) groups is 1. The van der Waals surface area contributed by atoms with E-state index in [0.717, 1.165) is 17.7 Å². The third-order valence-corrected chi connectivity index (χ3v) is 2.55. The predicted octanol–water partition coefficient (Wildman–Crippen LogP) is 2.62. The second-order valence-corrected chi connectivity index (χ2v) is 3.89. The second kappa shape index (κ2) is 6.74. The smallest absolute Gasteiger partial charge is 0.244 e. The van der Waals surface area contributed by atoms with Crippen LogP contribution in [0.3, 0.4) is 0 Å². The van der Waals surface area contributed by atoms with Crippen molar-refractivity contribution in [3.05, 3.63) is 35.9 Å². The standard InChI is InChI=1S/C14H19NO2/c1-4-11(2)15-14(16)10-9-12-7-5-6-8-13(12)17-3/h5-11H,4H2,1-3H3,(H,15,16)/b10-9+/t11-/m0/s1. The van der Waals surface area contributed by atoms with Crippen LogP contribution in [0.25, 0.3) is 6.08 Å². The lowest BCUT2D eigenvalue weighted by molar-refractivity contribution is -0.117. The van der Waals surface area contributed by atoms with E-state index >= 15 is 0 Å². The van der Waals surface area contributed by atoms with Crippen LogP contribution in [0.2, 0.25) is 0 Å². The first-order chi connectivity index (χ1) is 8.17. The summed E-state index contributed by atoms with van der Waals surface area (Å²) in [5.74, 6) is 0.686. The lowest BCUT2D eigenvalue weighted by Crippen LogP contribution is -2.30. The topological polar surface area (TPSA) is 38.3 Å². The molecular weight excluding hydrogens is 214 g/mol. The molecule has 17 heavy (non-hydrogen) atoms. The van der Waals surface area contributed by atoms with Gasteiger partial charge in [-0.2, -0.15) is 0 Å². The van der Waals surface area contributed by atoms with Crippen molar-refractivity contribution < 1.29 is 9.53 Å². The largest absolute Gasteiger partial charge is 0.496 e. The summed E-state index contributed by atoms with van der Waals surface area (Å²) < 4.78 is 5.20. The van der Waals surface area contributed by atoms with Crippen LogP contribution in [0.1, 0.15) is 25.8 Å². The molecule has 0 unspecified atom stereocenters. The fraction of sp³-hybridized carbons (Fsp3) is 0.357. The van der Waals surface area contributed by atoms with E-state index in [1.807, 2.05) is 38.1 Å². The average molecular weight is 233 g/mol. The number of methoxy groups -OCH3 is 1. The normalized spacial score (nSPS) is 12.4. The van der Waals surface area contributed by atoms with E-state index in [1.165, 1.54) is 6.08 Å². The van der Waals surface area contributed by atoms with Gasteiger partial charge in [-0.15, -0.1) is 0 Å². The van der Waals surface area contributed by atoms with Crippen LogP contribution in [0.15, 0.2) is 30.3 Å². The zero-order chi connectivity index (χ0) is 12.7. The van der Waals surface area contributed by atoms with E-state index in [-0.39, 0.29) is 11.9 Å². The predicted molar refractivity (Wildman–Crippen MR) is 69.9 cm³/mol. The lowest BCUT2D eigenvalue weighted by Gasteiger charge is -2.08. The van der Waals surface area contributed by atoms with Crippen molar-refractivity contribution in [2.45, 2.75) is 26.3 Å². The third kappa shape index (κ3) is 4.31. The molecule has 0 aliphatic heterocycles. The van der Waals surface area contributed by atoms with Crippen LogP contribution in [0, 0.1) is 0 Å². The molecule has 0 radical (unpaired) electrons. The van der Waals surface area contributed by atoms with Crippen molar-refractivity contribution in [1.29, 1.82) is 0 Å². The SMILES string of the molecule is CC[C@H](C)NC(=O)/C=C/c1ccccc1OC. The third-order valence-electron chi connectivity index (χ3n) is 2.55. The maximum Gasteiger partial charge on any atom is 0.244 e. The highest BCUT2D eigenvalue weighted by Gasteiger charge is 2.02. The zero-order valence-corrected chi connectivity index (χ0v) is 10.6. The molecule has 1 aromatic carbocycles. The van der Waals surface area contributed by atoms with E-state index in [9.17, 15) is 4.79 Å². The molecular formula is C14H19NO2. The van der Waals surface area contributed by atoms with Crippen molar-refractivity contribution in [1.82, 2.24) is 5.32 Å². The van der Waals surface area contributed by atoms with Crippen molar-refractivity contribution in [3.8, 4) is 5.75 Å². The summed E-state index contributed by atoms with van der Waals surface area (Å²) in [6, 6.07) is 7.78. The fourth-order valence-corrected chi connectivity index (χ4v) is 1.36. The van der Waals surface area contributed by atoms with Crippen LogP contribution >= 0.6 is 0 Å². The van der Waals surface area contributed by atoms with Crippen LogP contribution in [0.4, 0.5) is 0 Å². The average Bonchev–Trinajstić information content (AvgIpc) is 2.36. The minimum absolute atomic E-state index is 0.0785. The number of hydrogen-bond acceptors (Lipinski definition) is 2. The van der Waals surface area contributed by atoms with Gasteiger partial charge in [0, 0.05) is 17.7 Å². The van der Waals surface area contributed by atoms with Gasteiger partial charge in [-0.25, -0.2) is 0 Å². The Morgan fingerprint density at radius 1 is 1.47 bits per heavy atom. The number of benzene rings is 1. The summed E-state index contributed by atoms with van der Waals surface area (Å²) in [6.45, 7) is 4.02. The van der Waals surface area contributed by atoms with Gasteiger partial charge in [0.05, 0.1) is 7.11 Å². The minimum atomic E-state index is -0.0785. The maximum absolute atomic E-state index is 11.5. The van der Waals surface area contributed by atoms with E-state index in [0.29, 0.717) is 0 Å². The molecule has 0 heterocycles. The molecule has 0 bridgehead atoms. The molecule has 0 spiro atoms. The van der Waals surface area contributed by atoms with Gasteiger partial charge in [0.1, 0.15) is 5.75 Å². The second-order valence-electron chi connectivity index (χ2n) is 3.89. The first-order valence-electron chi connectivity index (χ1n) is 5.79. The molecule has 1 atom stereocenters. The summed E-state index contributed by atoms with van der Waals surface area (Å²) in [6.07, 6.45) is 4.22. The maximum atomic E-state index is 11.5. The highest BCUT2D eigenvalue weighted by molar-refractivity contribution is 5.92. The Hall–Kier alpha value is -1.77. The Labute approximate surface area is 102 Å². The highest BCUT2D eigenvalue weighted by Crippen LogP contribution is 2.18. The van der Waals surface area contributed by atoms with Gasteiger partial charge in [0.25, 0.3) is 0 Å². The monoisotopic (exact) mass is 233 g/mol. The molecule has 1 N–H and O–H groups in total. The van der Waals surface area contributed by atoms with E-state index in [2.05, 4.69) is 5.32 Å². The van der Waals surface area contributed by atoms with E-state index in [4.69, 9.17) is 4.74 Å². The van der Waals surface area contributed by atoms with E-state index < -0.39 is 0 Å². The minimum Gasteiger partial charge on any atom is -0.496 e. The van der Waals surface area contributed by atoms with Crippen LogP contribution in [0.5, 0.6) is 5.75 Å². The van der Waals surface area contributed by atoms with Crippen LogP contribution in [-0.4, -0.2) is 19.1 Å². The number of hydrogen-bond donors (Lipinski definition) is 1.